The van der Waals surface area contributed by atoms with Crippen molar-refractivity contribution in [3.63, 3.8) is 0 Å². The van der Waals surface area contributed by atoms with Gasteiger partial charge in [0.15, 0.2) is 5.11 Å². The van der Waals surface area contributed by atoms with Gasteiger partial charge in [0, 0.05) is 16.8 Å². The predicted molar refractivity (Wildman–Crippen MR) is 115 cm³/mol. The van der Waals surface area contributed by atoms with E-state index in [-0.39, 0.29) is 18.5 Å². The zero-order valence-electron chi connectivity index (χ0n) is 20.6. The number of amides is 2. The quantitative estimate of drug-likeness (QED) is 0.528. The highest BCUT2D eigenvalue weighted by Crippen LogP contribution is 2.49. The molecule has 1 spiro atoms. The third-order valence-corrected chi connectivity index (χ3v) is 6.10. The first kappa shape index (κ1) is 18.0. The van der Waals surface area contributed by atoms with Crippen molar-refractivity contribution in [3.8, 4) is 6.07 Å². The van der Waals surface area contributed by atoms with Gasteiger partial charge in [0.2, 0.25) is 0 Å². The van der Waals surface area contributed by atoms with Crippen molar-refractivity contribution in [2.24, 2.45) is 0 Å². The van der Waals surface area contributed by atoms with Gasteiger partial charge < -0.3 is 10.2 Å². The van der Waals surface area contributed by atoms with Gasteiger partial charge in [-0.15, -0.1) is 0 Å². The minimum atomic E-state index is -5.03. The maximum absolute atomic E-state index is 14.9. The summed E-state index contributed by atoms with van der Waals surface area (Å²) in [5, 5.41) is 10.3. The molecular formula is C22H16F4N4O2S. The zero-order chi connectivity index (χ0) is 27.5. The van der Waals surface area contributed by atoms with Gasteiger partial charge in [0.25, 0.3) is 11.8 Å². The van der Waals surface area contributed by atoms with Gasteiger partial charge >= 0.3 is 6.18 Å². The molecule has 0 unspecified atom stereocenters. The Morgan fingerprint density at radius 2 is 2.06 bits per heavy atom. The lowest BCUT2D eigenvalue weighted by atomic mass is 9.75. The first-order valence-corrected chi connectivity index (χ1v) is 9.94. The van der Waals surface area contributed by atoms with Crippen LogP contribution in [0.25, 0.3) is 0 Å². The summed E-state index contributed by atoms with van der Waals surface area (Å²) in [7, 11) is 0. The zero-order valence-corrected chi connectivity index (χ0v) is 17.4. The van der Waals surface area contributed by atoms with Crippen LogP contribution in [0.15, 0.2) is 36.4 Å². The Kier molecular flexibility index (Phi) is 4.25. The summed E-state index contributed by atoms with van der Waals surface area (Å²) in [6.45, 7) is -2.87. The molecule has 1 N–H and O–H groups in total. The summed E-state index contributed by atoms with van der Waals surface area (Å²) in [6.07, 6.45) is -4.15. The molecule has 4 rings (SSSR count). The molecule has 1 saturated heterocycles. The summed E-state index contributed by atoms with van der Waals surface area (Å²) in [6, 6.07) is 5.23. The van der Waals surface area contributed by atoms with Crippen molar-refractivity contribution in [3.05, 3.63) is 58.9 Å². The molecule has 1 saturated carbocycles. The Morgan fingerprint density at radius 3 is 2.61 bits per heavy atom. The van der Waals surface area contributed by atoms with Gasteiger partial charge in [-0.05, 0) is 67.9 Å². The third-order valence-electron chi connectivity index (χ3n) is 5.74. The van der Waals surface area contributed by atoms with E-state index in [1.807, 2.05) is 0 Å². The van der Waals surface area contributed by atoms with Crippen molar-refractivity contribution in [2.75, 3.05) is 16.8 Å². The van der Waals surface area contributed by atoms with Crippen molar-refractivity contribution >= 4 is 40.5 Å². The monoisotopic (exact) mass is 480 g/mol. The van der Waals surface area contributed by atoms with Crippen molar-refractivity contribution in [1.29, 1.82) is 5.26 Å². The van der Waals surface area contributed by atoms with Crippen LogP contribution < -0.4 is 15.1 Å². The number of alkyl halides is 3. The molecule has 33 heavy (non-hydrogen) atoms. The van der Waals surface area contributed by atoms with E-state index in [0.717, 1.165) is 18.2 Å². The Bertz CT molecular complexity index is 1390. The van der Waals surface area contributed by atoms with Gasteiger partial charge in [-0.1, -0.05) is 0 Å². The number of benzene rings is 2. The molecule has 1 aliphatic heterocycles. The minimum absolute atomic E-state index is 0.0442. The van der Waals surface area contributed by atoms with Crippen molar-refractivity contribution in [2.45, 2.75) is 31.0 Å². The van der Waals surface area contributed by atoms with Crippen molar-refractivity contribution in [1.82, 2.24) is 5.32 Å². The summed E-state index contributed by atoms with van der Waals surface area (Å²) in [5.41, 5.74) is -4.75. The number of anilines is 2. The van der Waals surface area contributed by atoms with E-state index < -0.39 is 69.9 Å². The van der Waals surface area contributed by atoms with Crippen LogP contribution in [-0.4, -0.2) is 29.4 Å². The van der Waals surface area contributed by atoms with E-state index in [2.05, 4.69) is 0 Å². The number of halogens is 4. The number of thiocarbonyl (C=S) groups is 1. The smallest absolute Gasteiger partial charge is 0.355 e. The van der Waals surface area contributed by atoms with Gasteiger partial charge in [-0.3, -0.25) is 14.5 Å². The molecule has 2 fully saturated rings. The molecule has 170 valence electrons. The molecule has 11 heteroatoms. The number of nitrogens with zero attached hydrogens (tertiary/aromatic N) is 3. The normalized spacial score (nSPS) is 19.4. The molecule has 2 amide bonds. The fourth-order valence-electron chi connectivity index (χ4n) is 4.03. The largest absolute Gasteiger partial charge is 0.418 e. The van der Waals surface area contributed by atoms with Crippen LogP contribution in [0.1, 0.15) is 46.2 Å². The number of nitriles is 1. The van der Waals surface area contributed by atoms with E-state index in [4.69, 9.17) is 23.0 Å². The van der Waals surface area contributed by atoms with Gasteiger partial charge in [0.1, 0.15) is 11.4 Å². The molecule has 2 aliphatic rings. The van der Waals surface area contributed by atoms with E-state index in [1.165, 1.54) is 11.0 Å². The van der Waals surface area contributed by atoms with Crippen LogP contribution >= 0.6 is 12.2 Å². The van der Waals surface area contributed by atoms with Crippen LogP contribution in [0.2, 0.25) is 0 Å². The van der Waals surface area contributed by atoms with Gasteiger partial charge in [-0.2, -0.15) is 18.4 Å². The molecule has 0 aromatic heterocycles. The minimum Gasteiger partial charge on any atom is -0.355 e. The Morgan fingerprint density at radius 1 is 1.33 bits per heavy atom. The second-order valence-corrected chi connectivity index (χ2v) is 7.89. The Labute approximate surface area is 197 Å². The molecule has 0 bridgehead atoms. The maximum Gasteiger partial charge on any atom is 0.418 e. The second-order valence-electron chi connectivity index (χ2n) is 7.52. The molecule has 0 atom stereocenters. The number of rotatable bonds is 3. The molecule has 1 heterocycles. The average molecular weight is 480 g/mol. The summed E-state index contributed by atoms with van der Waals surface area (Å²) in [5.74, 6) is -3.19. The van der Waals surface area contributed by atoms with E-state index in [0.29, 0.717) is 17.4 Å². The number of hydrogen-bond acceptors (Lipinski definition) is 4. The fourth-order valence-corrected chi connectivity index (χ4v) is 4.48. The van der Waals surface area contributed by atoms with Crippen molar-refractivity contribution < 1.29 is 32.6 Å². The molecule has 1 aliphatic carbocycles. The number of carbonyl (C=O) groups is 2. The molecule has 2 aromatic rings. The van der Waals surface area contributed by atoms with Crippen LogP contribution in [0.4, 0.5) is 28.9 Å². The molecule has 6 nitrogen and oxygen atoms in total. The lowest BCUT2D eigenvalue weighted by Gasteiger charge is -2.43. The van der Waals surface area contributed by atoms with E-state index in [1.54, 1.807) is 11.4 Å². The summed E-state index contributed by atoms with van der Waals surface area (Å²) >= 11 is 5.39. The Hall–Kier alpha value is -3.52. The number of carbonyl (C=O) groups excluding carboxylic acids is 2. The Balaban J connectivity index is 1.82. The average Bonchev–Trinajstić information content (AvgIpc) is 2.98. The summed E-state index contributed by atoms with van der Waals surface area (Å²) < 4.78 is 86.2. The second kappa shape index (κ2) is 7.81. The van der Waals surface area contributed by atoms with Gasteiger partial charge in [-0.25, -0.2) is 4.39 Å². The molecular weight excluding hydrogens is 460 g/mol. The lowest BCUT2D eigenvalue weighted by molar-refractivity contribution is -0.137. The van der Waals surface area contributed by atoms with Gasteiger partial charge in [0.05, 0.1) is 29.8 Å². The molecule has 2 aromatic carbocycles. The predicted octanol–water partition coefficient (Wildman–Crippen LogP) is 4.14. The highest BCUT2D eigenvalue weighted by Gasteiger charge is 2.60. The molecule has 0 radical (unpaired) electrons. The van der Waals surface area contributed by atoms with Crippen LogP contribution in [0.5, 0.6) is 0 Å². The van der Waals surface area contributed by atoms with E-state index >= 15 is 0 Å². The van der Waals surface area contributed by atoms with Crippen LogP contribution in [-0.2, 0) is 11.0 Å². The van der Waals surface area contributed by atoms with Crippen LogP contribution in [0, 0.1) is 17.1 Å². The van der Waals surface area contributed by atoms with E-state index in [9.17, 15) is 27.2 Å². The lowest BCUT2D eigenvalue weighted by Crippen LogP contribution is -2.55. The first-order chi connectivity index (χ1) is 17.1. The number of hydrogen-bond donors (Lipinski definition) is 1. The third kappa shape index (κ3) is 3.41. The number of nitrogens with one attached hydrogen (secondary N) is 1. The SMILES string of the molecule is [2H]c1cc(C#N)cc(C(F)(F)F)c1N1C(=O)C2(CCC2)N(c2ccc(C(=O)NC([2H])([2H])[2H])c(F)c2)C1=S. The first-order valence-electron chi connectivity index (χ1n) is 11.5. The summed E-state index contributed by atoms with van der Waals surface area (Å²) in [4.78, 5) is 27.5. The highest BCUT2D eigenvalue weighted by molar-refractivity contribution is 7.81. The maximum atomic E-state index is 14.9. The standard InChI is InChI=1S/C22H16F4N4O2S/c1-28-18(31)14-5-4-13(10-16(14)23)30-20(33)29(19(32)21(30)7-2-8-21)17-6-3-12(11-27)9-15(17)22(24,25)26/h3-6,9-10H,2,7-8H2,1H3,(H,28,31)/i1D3,6D. The van der Waals surface area contributed by atoms with Crippen LogP contribution in [0.3, 0.4) is 0 Å². The topological polar surface area (TPSA) is 76.4 Å². The fraction of sp³-hybridized carbons (Fsp3) is 0.273. The highest BCUT2D eigenvalue weighted by atomic mass is 32.1.